The molecule has 0 aromatic heterocycles. The maximum Gasteiger partial charge on any atom is 0.326 e. The zero-order chi connectivity index (χ0) is 15.8. The SMILES string of the molecule is CCC(C)C(NC(=O)[C@@H](N)CCc1ccccc1)C(=O)O. The number of hydrogen-bond donors (Lipinski definition) is 3. The Kier molecular flexibility index (Phi) is 6.88. The van der Waals surface area contributed by atoms with Gasteiger partial charge in [-0.15, -0.1) is 0 Å². The Labute approximate surface area is 125 Å². The lowest BCUT2D eigenvalue weighted by molar-refractivity contribution is -0.143. The highest BCUT2D eigenvalue weighted by Crippen LogP contribution is 2.09. The van der Waals surface area contributed by atoms with Crippen LogP contribution in [0.2, 0.25) is 0 Å². The van der Waals surface area contributed by atoms with Crippen molar-refractivity contribution >= 4 is 11.9 Å². The second-order valence-electron chi connectivity index (χ2n) is 5.34. The summed E-state index contributed by atoms with van der Waals surface area (Å²) in [5.41, 5.74) is 6.96. The first-order valence-electron chi connectivity index (χ1n) is 7.28. The van der Waals surface area contributed by atoms with Crippen molar-refractivity contribution in [3.63, 3.8) is 0 Å². The minimum Gasteiger partial charge on any atom is -0.480 e. The van der Waals surface area contributed by atoms with Crippen LogP contribution in [0, 0.1) is 5.92 Å². The fourth-order valence-corrected chi connectivity index (χ4v) is 2.04. The third-order valence-corrected chi connectivity index (χ3v) is 3.70. The van der Waals surface area contributed by atoms with Crippen LogP contribution in [0.4, 0.5) is 0 Å². The van der Waals surface area contributed by atoms with Gasteiger partial charge in [0, 0.05) is 0 Å². The van der Waals surface area contributed by atoms with Crippen LogP contribution >= 0.6 is 0 Å². The van der Waals surface area contributed by atoms with Crippen molar-refractivity contribution in [1.82, 2.24) is 5.32 Å². The van der Waals surface area contributed by atoms with Crippen molar-refractivity contribution in [2.45, 2.75) is 45.2 Å². The molecule has 21 heavy (non-hydrogen) atoms. The first-order valence-corrected chi connectivity index (χ1v) is 7.28. The summed E-state index contributed by atoms with van der Waals surface area (Å²) < 4.78 is 0. The highest BCUT2D eigenvalue weighted by atomic mass is 16.4. The fraction of sp³-hybridized carbons (Fsp3) is 0.500. The normalized spacial score (nSPS) is 15.0. The molecule has 0 fully saturated rings. The molecular weight excluding hydrogens is 268 g/mol. The number of nitrogens with two attached hydrogens (primary N) is 1. The Balaban J connectivity index is 2.51. The van der Waals surface area contributed by atoms with Crippen molar-refractivity contribution in [3.8, 4) is 0 Å². The van der Waals surface area contributed by atoms with Crippen LogP contribution in [0.1, 0.15) is 32.3 Å². The number of carboxylic acid groups (broad SMARTS) is 1. The lowest BCUT2D eigenvalue weighted by Gasteiger charge is -2.22. The Hall–Kier alpha value is -1.88. The minimum absolute atomic E-state index is 0.132. The van der Waals surface area contributed by atoms with E-state index < -0.39 is 24.0 Å². The molecule has 5 nitrogen and oxygen atoms in total. The molecule has 0 aliphatic carbocycles. The van der Waals surface area contributed by atoms with E-state index in [0.29, 0.717) is 19.3 Å². The van der Waals surface area contributed by atoms with Crippen molar-refractivity contribution in [2.24, 2.45) is 11.7 Å². The molecule has 0 radical (unpaired) electrons. The zero-order valence-electron chi connectivity index (χ0n) is 12.6. The lowest BCUT2D eigenvalue weighted by Crippen LogP contribution is -2.51. The van der Waals surface area contributed by atoms with Crippen molar-refractivity contribution < 1.29 is 14.7 Å². The molecule has 1 aromatic rings. The van der Waals surface area contributed by atoms with Gasteiger partial charge in [-0.05, 0) is 24.3 Å². The number of carbonyl (C=O) groups is 2. The molecule has 0 bridgehead atoms. The number of aryl methyl sites for hydroxylation is 1. The number of benzene rings is 1. The Bertz CT molecular complexity index is 462. The van der Waals surface area contributed by atoms with E-state index in [1.54, 1.807) is 6.92 Å². The highest BCUT2D eigenvalue weighted by Gasteiger charge is 2.27. The van der Waals surface area contributed by atoms with Crippen molar-refractivity contribution in [2.75, 3.05) is 0 Å². The molecule has 0 aliphatic heterocycles. The number of nitrogens with one attached hydrogen (secondary N) is 1. The van der Waals surface area contributed by atoms with E-state index in [1.807, 2.05) is 37.3 Å². The molecule has 1 amide bonds. The minimum atomic E-state index is -1.02. The number of hydrogen-bond acceptors (Lipinski definition) is 3. The van der Waals surface area contributed by atoms with Gasteiger partial charge in [0.05, 0.1) is 6.04 Å². The van der Waals surface area contributed by atoms with Gasteiger partial charge in [0.25, 0.3) is 0 Å². The summed E-state index contributed by atoms with van der Waals surface area (Å²) >= 11 is 0. The Morgan fingerprint density at radius 2 is 1.90 bits per heavy atom. The third-order valence-electron chi connectivity index (χ3n) is 3.70. The molecule has 0 saturated carbocycles. The number of aliphatic carboxylic acids is 1. The number of carbonyl (C=O) groups excluding carboxylic acids is 1. The highest BCUT2D eigenvalue weighted by molar-refractivity contribution is 5.86. The molecule has 0 aliphatic rings. The van der Waals surface area contributed by atoms with Gasteiger partial charge in [-0.3, -0.25) is 4.79 Å². The van der Waals surface area contributed by atoms with Gasteiger partial charge in [0.1, 0.15) is 6.04 Å². The largest absolute Gasteiger partial charge is 0.480 e. The van der Waals surface area contributed by atoms with Crippen LogP contribution in [0.25, 0.3) is 0 Å². The van der Waals surface area contributed by atoms with Crippen LogP contribution in [-0.4, -0.2) is 29.1 Å². The Morgan fingerprint density at radius 1 is 1.29 bits per heavy atom. The van der Waals surface area contributed by atoms with Crippen LogP contribution in [0.5, 0.6) is 0 Å². The van der Waals surface area contributed by atoms with E-state index >= 15 is 0 Å². The molecule has 5 heteroatoms. The van der Waals surface area contributed by atoms with Gasteiger partial charge in [-0.2, -0.15) is 0 Å². The second kappa shape index (κ2) is 8.42. The van der Waals surface area contributed by atoms with E-state index in [4.69, 9.17) is 10.8 Å². The summed E-state index contributed by atoms with van der Waals surface area (Å²) in [6.07, 6.45) is 1.86. The van der Waals surface area contributed by atoms with Gasteiger partial charge >= 0.3 is 5.97 Å². The summed E-state index contributed by atoms with van der Waals surface area (Å²) in [6.45, 7) is 3.69. The molecule has 0 saturated heterocycles. The molecular formula is C16H24N2O3. The van der Waals surface area contributed by atoms with E-state index in [2.05, 4.69) is 5.32 Å². The molecule has 4 N–H and O–H groups in total. The van der Waals surface area contributed by atoms with E-state index in [-0.39, 0.29) is 5.92 Å². The smallest absolute Gasteiger partial charge is 0.326 e. The zero-order valence-corrected chi connectivity index (χ0v) is 12.6. The summed E-state index contributed by atoms with van der Waals surface area (Å²) in [5, 5.41) is 11.7. The maximum absolute atomic E-state index is 12.0. The maximum atomic E-state index is 12.0. The van der Waals surface area contributed by atoms with Gasteiger partial charge in [0.15, 0.2) is 0 Å². The van der Waals surface area contributed by atoms with Gasteiger partial charge in [-0.25, -0.2) is 4.79 Å². The van der Waals surface area contributed by atoms with E-state index in [9.17, 15) is 9.59 Å². The fourth-order valence-electron chi connectivity index (χ4n) is 2.04. The number of amides is 1. The summed E-state index contributed by atoms with van der Waals surface area (Å²) in [7, 11) is 0. The van der Waals surface area contributed by atoms with Gasteiger partial charge < -0.3 is 16.2 Å². The van der Waals surface area contributed by atoms with Crippen molar-refractivity contribution in [1.29, 1.82) is 0 Å². The molecule has 1 rings (SSSR count). The van der Waals surface area contributed by atoms with E-state index in [1.165, 1.54) is 0 Å². The predicted octanol–water partition coefficient (Wildman–Crippen LogP) is 1.56. The molecule has 0 spiro atoms. The lowest BCUT2D eigenvalue weighted by atomic mass is 9.98. The second-order valence-corrected chi connectivity index (χ2v) is 5.34. The topological polar surface area (TPSA) is 92.4 Å². The number of rotatable bonds is 8. The molecule has 116 valence electrons. The monoisotopic (exact) mass is 292 g/mol. The van der Waals surface area contributed by atoms with Crippen molar-refractivity contribution in [3.05, 3.63) is 35.9 Å². The van der Waals surface area contributed by atoms with Crippen LogP contribution in [0.3, 0.4) is 0 Å². The molecule has 0 heterocycles. The number of carboxylic acids is 1. The molecule has 2 unspecified atom stereocenters. The summed E-state index contributed by atoms with van der Waals surface area (Å²) in [5.74, 6) is -1.56. The van der Waals surface area contributed by atoms with Crippen LogP contribution in [0.15, 0.2) is 30.3 Å². The first kappa shape index (κ1) is 17.2. The summed E-state index contributed by atoms with van der Waals surface area (Å²) in [4.78, 5) is 23.2. The molecule has 3 atom stereocenters. The molecule has 1 aromatic carbocycles. The van der Waals surface area contributed by atoms with Crippen LogP contribution in [-0.2, 0) is 16.0 Å². The standard InChI is InChI=1S/C16H24N2O3/c1-3-11(2)14(16(20)21)18-15(19)13(17)10-9-12-7-5-4-6-8-12/h4-8,11,13-14H,3,9-10,17H2,1-2H3,(H,18,19)(H,20,21)/t11?,13-,14?/m0/s1. The van der Waals surface area contributed by atoms with Crippen LogP contribution < -0.4 is 11.1 Å². The van der Waals surface area contributed by atoms with Gasteiger partial charge in [-0.1, -0.05) is 50.6 Å². The quantitative estimate of drug-likeness (QED) is 0.678. The summed E-state index contributed by atoms with van der Waals surface area (Å²) in [6, 6.07) is 8.17. The van der Waals surface area contributed by atoms with Gasteiger partial charge in [0.2, 0.25) is 5.91 Å². The average Bonchev–Trinajstić information content (AvgIpc) is 2.49. The first-order chi connectivity index (χ1) is 9.95. The Morgan fingerprint density at radius 3 is 2.43 bits per heavy atom. The average molecular weight is 292 g/mol. The van der Waals surface area contributed by atoms with E-state index in [0.717, 1.165) is 5.56 Å². The third kappa shape index (κ3) is 5.55. The predicted molar refractivity (Wildman–Crippen MR) is 81.8 cm³/mol.